The fourth-order valence-electron chi connectivity index (χ4n) is 3.09. The van der Waals surface area contributed by atoms with Gasteiger partial charge < -0.3 is 4.74 Å². The van der Waals surface area contributed by atoms with Gasteiger partial charge in [-0.15, -0.1) is 0 Å². The summed E-state index contributed by atoms with van der Waals surface area (Å²) in [6.45, 7) is 6.45. The quantitative estimate of drug-likeness (QED) is 0.653. The van der Waals surface area contributed by atoms with Gasteiger partial charge in [0.1, 0.15) is 5.75 Å². The average Bonchev–Trinajstić information content (AvgIpc) is 2.50. The molecule has 0 aliphatic heterocycles. The molecule has 0 heterocycles. The van der Waals surface area contributed by atoms with E-state index in [1.54, 1.807) is 0 Å². The molecular weight excluding hydrogens is 244 g/mol. The number of allylic oxidation sites excluding steroid dienone is 2. The van der Waals surface area contributed by atoms with E-state index in [0.29, 0.717) is 6.10 Å². The molecule has 1 aromatic carbocycles. The molecule has 2 rings (SSSR count). The van der Waals surface area contributed by atoms with Crippen LogP contribution in [-0.2, 0) is 0 Å². The Morgan fingerprint density at radius 1 is 1.20 bits per heavy atom. The Hall–Kier alpha value is -1.24. The lowest BCUT2D eigenvalue weighted by molar-refractivity contribution is 0.217. The molecule has 1 aromatic rings. The van der Waals surface area contributed by atoms with Crippen LogP contribution in [-0.4, -0.2) is 6.10 Å². The first kappa shape index (κ1) is 15.2. The van der Waals surface area contributed by atoms with Gasteiger partial charge in [-0.2, -0.15) is 0 Å². The van der Waals surface area contributed by atoms with Gasteiger partial charge in [0.25, 0.3) is 0 Å². The minimum Gasteiger partial charge on any atom is -0.491 e. The fourth-order valence-corrected chi connectivity index (χ4v) is 3.09. The van der Waals surface area contributed by atoms with Crippen molar-refractivity contribution in [2.45, 2.75) is 65.4 Å². The van der Waals surface area contributed by atoms with Crippen molar-refractivity contribution in [2.75, 3.05) is 0 Å². The molecular formula is C19H28O. The first-order valence-corrected chi connectivity index (χ1v) is 8.18. The van der Waals surface area contributed by atoms with E-state index in [1.165, 1.54) is 43.2 Å². The van der Waals surface area contributed by atoms with E-state index in [0.717, 1.165) is 18.1 Å². The smallest absolute Gasteiger partial charge is 0.119 e. The van der Waals surface area contributed by atoms with Crippen LogP contribution in [0.15, 0.2) is 30.3 Å². The van der Waals surface area contributed by atoms with Crippen molar-refractivity contribution in [3.63, 3.8) is 0 Å². The van der Waals surface area contributed by atoms with Crippen LogP contribution in [0.5, 0.6) is 5.75 Å². The van der Waals surface area contributed by atoms with Crippen molar-refractivity contribution >= 4 is 5.57 Å². The number of hydrogen-bond donors (Lipinski definition) is 0. The minimum absolute atomic E-state index is 0.292. The summed E-state index contributed by atoms with van der Waals surface area (Å²) < 4.78 is 5.86. The molecule has 0 bridgehead atoms. The third-order valence-electron chi connectivity index (χ3n) is 4.46. The van der Waals surface area contributed by atoms with Gasteiger partial charge >= 0.3 is 0 Å². The molecule has 1 atom stereocenters. The zero-order valence-corrected chi connectivity index (χ0v) is 13.2. The Bertz CT molecular complexity index is 424. The molecule has 1 heteroatoms. The van der Waals surface area contributed by atoms with Crippen LogP contribution in [0.3, 0.4) is 0 Å². The van der Waals surface area contributed by atoms with E-state index in [9.17, 15) is 0 Å². The predicted octanol–water partition coefficient (Wildman–Crippen LogP) is 5.85. The van der Waals surface area contributed by atoms with E-state index in [-0.39, 0.29) is 0 Å². The molecule has 20 heavy (non-hydrogen) atoms. The summed E-state index contributed by atoms with van der Waals surface area (Å²) in [5.41, 5.74) is 2.90. The van der Waals surface area contributed by atoms with Gasteiger partial charge in [-0.3, -0.25) is 0 Å². The molecule has 1 fully saturated rings. The average molecular weight is 272 g/mol. The third kappa shape index (κ3) is 3.88. The summed E-state index contributed by atoms with van der Waals surface area (Å²) in [5, 5.41) is 0. The summed E-state index contributed by atoms with van der Waals surface area (Å²) in [6.07, 6.45) is 10.5. The molecule has 0 saturated heterocycles. The van der Waals surface area contributed by atoms with Crippen molar-refractivity contribution in [3.05, 3.63) is 35.9 Å². The lowest BCUT2D eigenvalue weighted by Crippen LogP contribution is -2.10. The Labute approximate surface area is 124 Å². The van der Waals surface area contributed by atoms with Crippen LogP contribution in [0.2, 0.25) is 0 Å². The van der Waals surface area contributed by atoms with E-state index >= 15 is 0 Å². The first-order valence-electron chi connectivity index (χ1n) is 8.18. The zero-order chi connectivity index (χ0) is 14.4. The van der Waals surface area contributed by atoms with E-state index in [4.69, 9.17) is 4.74 Å². The van der Waals surface area contributed by atoms with Crippen LogP contribution in [0.4, 0.5) is 0 Å². The molecule has 0 spiro atoms. The highest BCUT2D eigenvalue weighted by atomic mass is 16.5. The van der Waals surface area contributed by atoms with Crippen LogP contribution < -0.4 is 4.74 Å². The maximum Gasteiger partial charge on any atom is 0.119 e. The second kappa shape index (κ2) is 7.52. The Morgan fingerprint density at radius 3 is 2.40 bits per heavy atom. The molecule has 0 amide bonds. The predicted molar refractivity (Wildman–Crippen MR) is 87.0 cm³/mol. The maximum absolute atomic E-state index is 5.86. The standard InChI is InChI=1S/C19H28O/c1-4-15(3)20-18-13-11-17(12-14-18)19(5-2)16-9-7-6-8-10-16/h5,11-16H,4,6-10H2,1-3H3. The second-order valence-corrected chi connectivity index (χ2v) is 5.94. The summed E-state index contributed by atoms with van der Waals surface area (Å²) in [4.78, 5) is 0. The molecule has 1 unspecified atom stereocenters. The molecule has 0 N–H and O–H groups in total. The van der Waals surface area contributed by atoms with Crippen LogP contribution in [0, 0.1) is 5.92 Å². The van der Waals surface area contributed by atoms with Gasteiger partial charge in [-0.25, -0.2) is 0 Å². The summed E-state index contributed by atoms with van der Waals surface area (Å²) in [7, 11) is 0. The van der Waals surface area contributed by atoms with Gasteiger partial charge in [0.15, 0.2) is 0 Å². The van der Waals surface area contributed by atoms with Gasteiger partial charge in [0.2, 0.25) is 0 Å². The number of ether oxygens (including phenoxy) is 1. The normalized spacial score (nSPS) is 18.9. The summed E-state index contributed by atoms with van der Waals surface area (Å²) >= 11 is 0. The molecule has 110 valence electrons. The van der Waals surface area contributed by atoms with Crippen molar-refractivity contribution in [2.24, 2.45) is 5.92 Å². The largest absolute Gasteiger partial charge is 0.491 e. The lowest BCUT2D eigenvalue weighted by Gasteiger charge is -2.25. The van der Waals surface area contributed by atoms with Gasteiger partial charge in [0, 0.05) is 0 Å². The highest BCUT2D eigenvalue weighted by molar-refractivity contribution is 5.67. The van der Waals surface area contributed by atoms with Crippen molar-refractivity contribution < 1.29 is 4.74 Å². The van der Waals surface area contributed by atoms with Gasteiger partial charge in [0.05, 0.1) is 6.10 Å². The highest BCUT2D eigenvalue weighted by Crippen LogP contribution is 2.35. The third-order valence-corrected chi connectivity index (χ3v) is 4.46. The number of rotatable bonds is 5. The molecule has 1 aliphatic rings. The molecule has 1 aliphatic carbocycles. The Morgan fingerprint density at radius 2 is 1.85 bits per heavy atom. The molecule has 1 nitrogen and oxygen atoms in total. The van der Waals surface area contributed by atoms with Crippen molar-refractivity contribution in [3.8, 4) is 5.75 Å². The minimum atomic E-state index is 0.292. The van der Waals surface area contributed by atoms with Gasteiger partial charge in [-0.1, -0.05) is 44.4 Å². The van der Waals surface area contributed by atoms with Gasteiger partial charge in [-0.05, 0) is 62.3 Å². The SMILES string of the molecule is CC=C(c1ccc(OC(C)CC)cc1)C1CCCCC1. The molecule has 0 aromatic heterocycles. The zero-order valence-electron chi connectivity index (χ0n) is 13.2. The highest BCUT2D eigenvalue weighted by Gasteiger charge is 2.18. The summed E-state index contributed by atoms with van der Waals surface area (Å²) in [6, 6.07) is 8.69. The number of benzene rings is 1. The van der Waals surface area contributed by atoms with Crippen molar-refractivity contribution in [1.29, 1.82) is 0 Å². The van der Waals surface area contributed by atoms with E-state index in [2.05, 4.69) is 51.1 Å². The first-order chi connectivity index (χ1) is 9.74. The Balaban J connectivity index is 2.07. The second-order valence-electron chi connectivity index (χ2n) is 5.94. The molecule has 0 radical (unpaired) electrons. The number of hydrogen-bond acceptors (Lipinski definition) is 1. The Kier molecular flexibility index (Phi) is 5.70. The van der Waals surface area contributed by atoms with Crippen LogP contribution in [0.1, 0.15) is 64.9 Å². The fraction of sp³-hybridized carbons (Fsp3) is 0.579. The van der Waals surface area contributed by atoms with E-state index in [1.807, 2.05) is 0 Å². The molecule has 1 saturated carbocycles. The topological polar surface area (TPSA) is 9.23 Å². The van der Waals surface area contributed by atoms with Crippen LogP contribution in [0.25, 0.3) is 5.57 Å². The summed E-state index contributed by atoms with van der Waals surface area (Å²) in [5.74, 6) is 1.75. The maximum atomic E-state index is 5.86. The van der Waals surface area contributed by atoms with E-state index < -0.39 is 0 Å². The monoisotopic (exact) mass is 272 g/mol. The van der Waals surface area contributed by atoms with Crippen molar-refractivity contribution in [1.82, 2.24) is 0 Å². The lowest BCUT2D eigenvalue weighted by atomic mass is 9.81. The van der Waals surface area contributed by atoms with Crippen LogP contribution >= 0.6 is 0 Å².